The van der Waals surface area contributed by atoms with Crippen molar-refractivity contribution in [2.75, 3.05) is 32.8 Å². The van der Waals surface area contributed by atoms with Crippen LogP contribution in [0.5, 0.6) is 11.5 Å². The first-order valence-electron chi connectivity index (χ1n) is 10.0. The zero-order chi connectivity index (χ0) is 19.6. The number of hydrogen-bond donors (Lipinski definition) is 0. The molecule has 1 aromatic rings. The second-order valence-corrected chi connectivity index (χ2v) is 7.91. The third-order valence-corrected chi connectivity index (χ3v) is 6.01. The molecule has 0 bridgehead atoms. The number of fused-ring (bicyclic) bond motifs is 1. The molecule has 1 saturated carbocycles. The Morgan fingerprint density at radius 2 is 1.89 bits per heavy atom. The molecule has 1 aromatic carbocycles. The van der Waals surface area contributed by atoms with Gasteiger partial charge in [-0.2, -0.15) is 0 Å². The molecule has 28 heavy (non-hydrogen) atoms. The summed E-state index contributed by atoms with van der Waals surface area (Å²) in [5.74, 6) is 1.12. The Labute approximate surface area is 164 Å². The number of ether oxygens (including phenoxy) is 2. The molecule has 0 unspecified atom stereocenters. The maximum absolute atomic E-state index is 12.6. The fourth-order valence-electron chi connectivity index (χ4n) is 4.35. The molecular weight excluding hydrogens is 360 g/mol. The van der Waals surface area contributed by atoms with Crippen LogP contribution in [0.15, 0.2) is 18.2 Å². The summed E-state index contributed by atoms with van der Waals surface area (Å²) in [5.41, 5.74) is 0.231. The van der Waals surface area contributed by atoms with Gasteiger partial charge in [-0.25, -0.2) is 0 Å². The Morgan fingerprint density at radius 3 is 2.61 bits per heavy atom. The highest BCUT2D eigenvalue weighted by atomic mass is 16.5. The van der Waals surface area contributed by atoms with Crippen LogP contribution in [0.3, 0.4) is 0 Å². The average molecular weight is 386 g/mol. The SMILES string of the molecule is O=CN1CCN(C(=O)COc2ccc3c(c2)OC2(CCCCC2)CC3=O)CC1. The summed E-state index contributed by atoms with van der Waals surface area (Å²) in [6.07, 6.45) is 6.45. The van der Waals surface area contributed by atoms with Crippen LogP contribution < -0.4 is 9.47 Å². The maximum atomic E-state index is 12.6. The fraction of sp³-hybridized carbons (Fsp3) is 0.571. The average Bonchev–Trinajstić information content (AvgIpc) is 2.72. The minimum Gasteiger partial charge on any atom is -0.486 e. The number of piperazine rings is 1. The first-order chi connectivity index (χ1) is 13.6. The molecule has 7 heteroatoms. The van der Waals surface area contributed by atoms with Gasteiger partial charge in [-0.15, -0.1) is 0 Å². The normalized spacial score (nSPS) is 21.1. The summed E-state index contributed by atoms with van der Waals surface area (Å²) in [4.78, 5) is 39.1. The van der Waals surface area contributed by atoms with Crippen LogP contribution in [-0.4, -0.2) is 66.3 Å². The minimum atomic E-state index is -0.366. The maximum Gasteiger partial charge on any atom is 0.260 e. The van der Waals surface area contributed by atoms with E-state index in [2.05, 4.69) is 0 Å². The highest BCUT2D eigenvalue weighted by Gasteiger charge is 2.41. The number of benzene rings is 1. The van der Waals surface area contributed by atoms with E-state index in [4.69, 9.17) is 9.47 Å². The molecule has 2 aliphatic heterocycles. The summed E-state index contributed by atoms with van der Waals surface area (Å²) < 4.78 is 12.0. The van der Waals surface area contributed by atoms with E-state index >= 15 is 0 Å². The van der Waals surface area contributed by atoms with Gasteiger partial charge in [-0.1, -0.05) is 6.42 Å². The molecule has 3 aliphatic rings. The molecule has 1 saturated heterocycles. The van der Waals surface area contributed by atoms with E-state index in [0.29, 0.717) is 49.7 Å². The predicted octanol–water partition coefficient (Wildman–Crippen LogP) is 2.03. The number of nitrogens with zero attached hydrogens (tertiary/aromatic N) is 2. The van der Waals surface area contributed by atoms with Crippen LogP contribution in [0, 0.1) is 0 Å². The summed E-state index contributed by atoms with van der Waals surface area (Å²) >= 11 is 0. The van der Waals surface area contributed by atoms with Crippen molar-refractivity contribution in [1.82, 2.24) is 9.80 Å². The van der Waals surface area contributed by atoms with Gasteiger partial charge >= 0.3 is 0 Å². The van der Waals surface area contributed by atoms with Crippen molar-refractivity contribution in [2.45, 2.75) is 44.1 Å². The minimum absolute atomic E-state index is 0.0705. The van der Waals surface area contributed by atoms with Crippen molar-refractivity contribution in [3.63, 3.8) is 0 Å². The number of ketones is 1. The van der Waals surface area contributed by atoms with Crippen LogP contribution in [0.4, 0.5) is 0 Å². The Balaban J connectivity index is 1.39. The van der Waals surface area contributed by atoms with E-state index in [1.165, 1.54) is 6.42 Å². The molecule has 4 rings (SSSR count). The number of amides is 2. The number of carbonyl (C=O) groups excluding carboxylic acids is 3. The van der Waals surface area contributed by atoms with Gasteiger partial charge in [-0.05, 0) is 37.8 Å². The fourth-order valence-corrected chi connectivity index (χ4v) is 4.35. The van der Waals surface area contributed by atoms with Gasteiger partial charge in [0, 0.05) is 32.2 Å². The number of rotatable bonds is 4. The Bertz CT molecular complexity index is 764. The zero-order valence-electron chi connectivity index (χ0n) is 16.0. The van der Waals surface area contributed by atoms with Crippen molar-refractivity contribution >= 4 is 18.1 Å². The number of carbonyl (C=O) groups is 3. The topological polar surface area (TPSA) is 76.2 Å². The van der Waals surface area contributed by atoms with E-state index in [9.17, 15) is 14.4 Å². The predicted molar refractivity (Wildman–Crippen MR) is 102 cm³/mol. The molecule has 2 heterocycles. The van der Waals surface area contributed by atoms with Crippen LogP contribution in [0.2, 0.25) is 0 Å². The van der Waals surface area contributed by atoms with Crippen molar-refractivity contribution in [1.29, 1.82) is 0 Å². The first-order valence-corrected chi connectivity index (χ1v) is 10.0. The van der Waals surface area contributed by atoms with Gasteiger partial charge in [-0.3, -0.25) is 14.4 Å². The zero-order valence-corrected chi connectivity index (χ0v) is 16.0. The number of Topliss-reactive ketones (excluding diaryl/α,β-unsaturated/α-hetero) is 1. The summed E-state index contributed by atoms with van der Waals surface area (Å²) in [5, 5.41) is 0. The van der Waals surface area contributed by atoms with E-state index in [-0.39, 0.29) is 23.9 Å². The van der Waals surface area contributed by atoms with Gasteiger partial charge in [0.05, 0.1) is 12.0 Å². The molecular formula is C21H26N2O5. The largest absolute Gasteiger partial charge is 0.486 e. The van der Waals surface area contributed by atoms with Gasteiger partial charge in [0.15, 0.2) is 12.4 Å². The lowest BCUT2D eigenvalue weighted by molar-refractivity contribution is -0.137. The Kier molecular flexibility index (Phi) is 5.24. The monoisotopic (exact) mass is 386 g/mol. The van der Waals surface area contributed by atoms with E-state index in [1.807, 2.05) is 0 Å². The molecule has 1 aliphatic carbocycles. The molecule has 0 N–H and O–H groups in total. The second kappa shape index (κ2) is 7.81. The van der Waals surface area contributed by atoms with E-state index < -0.39 is 0 Å². The third kappa shape index (κ3) is 3.84. The molecule has 150 valence electrons. The highest BCUT2D eigenvalue weighted by molar-refractivity contribution is 6.00. The second-order valence-electron chi connectivity index (χ2n) is 7.91. The third-order valence-electron chi connectivity index (χ3n) is 6.01. The Morgan fingerprint density at radius 1 is 1.14 bits per heavy atom. The van der Waals surface area contributed by atoms with Crippen LogP contribution in [-0.2, 0) is 9.59 Å². The van der Waals surface area contributed by atoms with Gasteiger partial charge < -0.3 is 19.3 Å². The number of hydrogen-bond acceptors (Lipinski definition) is 5. The lowest BCUT2D eigenvalue weighted by Crippen LogP contribution is -2.49. The van der Waals surface area contributed by atoms with E-state index in [1.54, 1.807) is 28.0 Å². The van der Waals surface area contributed by atoms with Gasteiger partial charge in [0.25, 0.3) is 5.91 Å². The summed E-state index contributed by atoms with van der Waals surface area (Å²) in [6, 6.07) is 5.19. The quantitative estimate of drug-likeness (QED) is 0.740. The van der Waals surface area contributed by atoms with Gasteiger partial charge in [0.2, 0.25) is 6.41 Å². The molecule has 2 fully saturated rings. The van der Waals surface area contributed by atoms with Crippen molar-refractivity contribution in [2.24, 2.45) is 0 Å². The molecule has 7 nitrogen and oxygen atoms in total. The van der Waals surface area contributed by atoms with Crippen LogP contribution in [0.25, 0.3) is 0 Å². The Hall–Kier alpha value is -2.57. The van der Waals surface area contributed by atoms with Crippen molar-refractivity contribution in [3.8, 4) is 11.5 Å². The van der Waals surface area contributed by atoms with Crippen molar-refractivity contribution < 1.29 is 23.9 Å². The molecule has 0 aromatic heterocycles. The molecule has 0 radical (unpaired) electrons. The lowest BCUT2D eigenvalue weighted by Gasteiger charge is -2.40. The first kappa shape index (κ1) is 18.8. The smallest absolute Gasteiger partial charge is 0.260 e. The van der Waals surface area contributed by atoms with Crippen LogP contribution >= 0.6 is 0 Å². The summed E-state index contributed by atoms with van der Waals surface area (Å²) in [7, 11) is 0. The van der Waals surface area contributed by atoms with E-state index in [0.717, 1.165) is 32.1 Å². The standard InChI is InChI=1S/C21H26N2O5/c24-15-22-8-10-23(11-9-22)20(26)14-27-16-4-5-17-18(25)13-21(28-19(17)12-16)6-2-1-3-7-21/h4-5,12,15H,1-3,6-11,13-14H2. The lowest BCUT2D eigenvalue weighted by atomic mass is 9.78. The highest BCUT2D eigenvalue weighted by Crippen LogP contribution is 2.42. The molecule has 0 atom stereocenters. The van der Waals surface area contributed by atoms with Gasteiger partial charge in [0.1, 0.15) is 17.1 Å². The van der Waals surface area contributed by atoms with Crippen LogP contribution in [0.1, 0.15) is 48.9 Å². The molecule has 2 amide bonds. The summed E-state index contributed by atoms with van der Waals surface area (Å²) in [6.45, 7) is 2.06. The van der Waals surface area contributed by atoms with Crippen molar-refractivity contribution in [3.05, 3.63) is 23.8 Å². The molecule has 1 spiro atoms.